The molecule has 2 aromatic rings. The normalized spacial score (nSPS) is 17.3. The standard InChI is InChI=1S/C16H22N8O2/c17-2-4-24-10-14(20-21-24)16(25)23-3-1-12-13(9-23)18-11-19-15(12)22-5-7-26-8-6-22/h10-11H,1-9,17H2. The molecule has 0 bridgehead atoms. The molecule has 4 heterocycles. The molecule has 0 atom stereocenters. The van der Waals surface area contributed by atoms with Crippen LogP contribution in [-0.2, 0) is 24.2 Å². The van der Waals surface area contributed by atoms with Crippen molar-refractivity contribution in [1.29, 1.82) is 0 Å². The fraction of sp³-hybridized carbons (Fsp3) is 0.562. The maximum Gasteiger partial charge on any atom is 0.276 e. The SMILES string of the molecule is NCCn1cc(C(=O)N2CCc3c(ncnc3N3CCOCC3)C2)nn1. The first-order valence-electron chi connectivity index (χ1n) is 8.81. The number of hydrogen-bond donors (Lipinski definition) is 1. The molecule has 2 N–H and O–H groups in total. The number of morpholine rings is 1. The van der Waals surface area contributed by atoms with Gasteiger partial charge in [0.25, 0.3) is 5.91 Å². The molecule has 0 unspecified atom stereocenters. The number of carbonyl (C=O) groups excluding carboxylic acids is 1. The molecule has 2 aliphatic rings. The fourth-order valence-corrected chi connectivity index (χ4v) is 3.36. The number of anilines is 1. The number of nitrogens with two attached hydrogens (primary N) is 1. The third kappa shape index (κ3) is 3.25. The molecule has 138 valence electrons. The largest absolute Gasteiger partial charge is 0.378 e. The molecule has 2 aliphatic heterocycles. The van der Waals surface area contributed by atoms with Crippen molar-refractivity contribution in [1.82, 2.24) is 29.9 Å². The minimum atomic E-state index is -0.134. The van der Waals surface area contributed by atoms with Crippen molar-refractivity contribution < 1.29 is 9.53 Å². The number of hydrogen-bond acceptors (Lipinski definition) is 8. The number of aromatic nitrogens is 5. The van der Waals surface area contributed by atoms with Crippen LogP contribution < -0.4 is 10.6 Å². The van der Waals surface area contributed by atoms with Crippen molar-refractivity contribution >= 4 is 11.7 Å². The number of carbonyl (C=O) groups is 1. The van der Waals surface area contributed by atoms with Gasteiger partial charge in [-0.1, -0.05) is 5.21 Å². The monoisotopic (exact) mass is 358 g/mol. The summed E-state index contributed by atoms with van der Waals surface area (Å²) in [5.74, 6) is 0.838. The summed E-state index contributed by atoms with van der Waals surface area (Å²) in [6.45, 7) is 5.14. The summed E-state index contributed by atoms with van der Waals surface area (Å²) in [4.78, 5) is 25.6. The highest BCUT2D eigenvalue weighted by Gasteiger charge is 2.28. The minimum Gasteiger partial charge on any atom is -0.378 e. The smallest absolute Gasteiger partial charge is 0.276 e. The summed E-state index contributed by atoms with van der Waals surface area (Å²) >= 11 is 0. The summed E-state index contributed by atoms with van der Waals surface area (Å²) < 4.78 is 7.01. The Labute approximate surface area is 150 Å². The average Bonchev–Trinajstić information content (AvgIpc) is 3.16. The number of nitrogens with zero attached hydrogens (tertiary/aromatic N) is 7. The maximum absolute atomic E-state index is 12.7. The predicted octanol–water partition coefficient (Wildman–Crippen LogP) is -0.938. The van der Waals surface area contributed by atoms with Crippen molar-refractivity contribution in [2.24, 2.45) is 5.73 Å². The zero-order chi connectivity index (χ0) is 17.9. The summed E-state index contributed by atoms with van der Waals surface area (Å²) in [6.07, 6.45) is 3.95. The van der Waals surface area contributed by atoms with Crippen molar-refractivity contribution in [3.63, 3.8) is 0 Å². The van der Waals surface area contributed by atoms with E-state index in [0.29, 0.717) is 45.1 Å². The highest BCUT2D eigenvalue weighted by molar-refractivity contribution is 5.92. The second-order valence-electron chi connectivity index (χ2n) is 6.35. The Morgan fingerprint density at radius 2 is 2.08 bits per heavy atom. The zero-order valence-corrected chi connectivity index (χ0v) is 14.5. The highest BCUT2D eigenvalue weighted by Crippen LogP contribution is 2.26. The van der Waals surface area contributed by atoms with Gasteiger partial charge in [0.1, 0.15) is 12.1 Å². The molecular formula is C16H22N8O2. The van der Waals surface area contributed by atoms with Gasteiger partial charge in [-0.05, 0) is 6.42 Å². The molecular weight excluding hydrogens is 336 g/mol. The van der Waals surface area contributed by atoms with E-state index in [0.717, 1.165) is 36.6 Å². The second kappa shape index (κ2) is 7.34. The lowest BCUT2D eigenvalue weighted by molar-refractivity contribution is 0.0725. The minimum absolute atomic E-state index is 0.134. The van der Waals surface area contributed by atoms with Crippen LogP contribution in [0.25, 0.3) is 0 Å². The van der Waals surface area contributed by atoms with E-state index in [-0.39, 0.29) is 5.91 Å². The lowest BCUT2D eigenvalue weighted by Crippen LogP contribution is -2.40. The van der Waals surface area contributed by atoms with E-state index >= 15 is 0 Å². The van der Waals surface area contributed by atoms with Crippen LogP contribution in [0.4, 0.5) is 5.82 Å². The lowest BCUT2D eigenvalue weighted by atomic mass is 10.0. The first-order chi connectivity index (χ1) is 12.8. The fourth-order valence-electron chi connectivity index (χ4n) is 3.36. The van der Waals surface area contributed by atoms with Gasteiger partial charge < -0.3 is 20.3 Å². The van der Waals surface area contributed by atoms with E-state index in [1.54, 1.807) is 22.1 Å². The third-order valence-corrected chi connectivity index (χ3v) is 4.70. The van der Waals surface area contributed by atoms with Crippen LogP contribution in [-0.4, -0.2) is 75.2 Å². The zero-order valence-electron chi connectivity index (χ0n) is 14.5. The van der Waals surface area contributed by atoms with Crippen LogP contribution in [0.5, 0.6) is 0 Å². The molecule has 0 radical (unpaired) electrons. The van der Waals surface area contributed by atoms with Crippen LogP contribution in [0.15, 0.2) is 12.5 Å². The van der Waals surface area contributed by atoms with Gasteiger partial charge in [-0.15, -0.1) is 5.10 Å². The van der Waals surface area contributed by atoms with Crippen molar-refractivity contribution in [3.05, 3.63) is 29.5 Å². The Morgan fingerprint density at radius 3 is 2.88 bits per heavy atom. The Morgan fingerprint density at radius 1 is 1.23 bits per heavy atom. The number of amides is 1. The third-order valence-electron chi connectivity index (χ3n) is 4.70. The molecule has 0 aliphatic carbocycles. The van der Waals surface area contributed by atoms with Gasteiger partial charge in [-0.2, -0.15) is 0 Å². The van der Waals surface area contributed by atoms with E-state index in [9.17, 15) is 4.79 Å². The quantitative estimate of drug-likeness (QED) is 0.745. The second-order valence-corrected chi connectivity index (χ2v) is 6.35. The van der Waals surface area contributed by atoms with Crippen molar-refractivity contribution in [2.45, 2.75) is 19.5 Å². The van der Waals surface area contributed by atoms with E-state index in [4.69, 9.17) is 10.5 Å². The molecule has 1 saturated heterocycles. The van der Waals surface area contributed by atoms with Crippen LogP contribution in [0, 0.1) is 0 Å². The van der Waals surface area contributed by atoms with Crippen LogP contribution in [0.1, 0.15) is 21.7 Å². The molecule has 26 heavy (non-hydrogen) atoms. The van der Waals surface area contributed by atoms with Gasteiger partial charge >= 0.3 is 0 Å². The Balaban J connectivity index is 1.51. The average molecular weight is 358 g/mol. The molecule has 10 heteroatoms. The highest BCUT2D eigenvalue weighted by atomic mass is 16.5. The van der Waals surface area contributed by atoms with Gasteiger partial charge in [-0.25, -0.2) is 9.97 Å². The molecule has 1 amide bonds. The summed E-state index contributed by atoms with van der Waals surface area (Å²) in [5.41, 5.74) is 7.87. The Kier molecular flexibility index (Phi) is 4.76. The molecule has 0 aromatic carbocycles. The number of rotatable bonds is 4. The van der Waals surface area contributed by atoms with Gasteiger partial charge in [0.15, 0.2) is 5.69 Å². The van der Waals surface area contributed by atoms with Gasteiger partial charge in [-0.3, -0.25) is 9.48 Å². The maximum atomic E-state index is 12.7. The first kappa shape index (κ1) is 16.9. The van der Waals surface area contributed by atoms with Gasteiger partial charge in [0, 0.05) is 31.7 Å². The number of ether oxygens (including phenoxy) is 1. The van der Waals surface area contributed by atoms with E-state index in [2.05, 4.69) is 25.2 Å². The Bertz CT molecular complexity index is 786. The Hall–Kier alpha value is -2.59. The molecule has 0 saturated carbocycles. The predicted molar refractivity (Wildman–Crippen MR) is 92.6 cm³/mol. The lowest BCUT2D eigenvalue weighted by Gasteiger charge is -2.33. The van der Waals surface area contributed by atoms with Crippen molar-refractivity contribution in [3.8, 4) is 0 Å². The van der Waals surface area contributed by atoms with Gasteiger partial charge in [0.05, 0.1) is 38.2 Å². The molecule has 0 spiro atoms. The van der Waals surface area contributed by atoms with E-state index in [1.165, 1.54) is 0 Å². The van der Waals surface area contributed by atoms with Crippen LogP contribution >= 0.6 is 0 Å². The number of fused-ring (bicyclic) bond motifs is 1. The van der Waals surface area contributed by atoms with Gasteiger partial charge in [0.2, 0.25) is 0 Å². The van der Waals surface area contributed by atoms with Crippen LogP contribution in [0.3, 0.4) is 0 Å². The summed E-state index contributed by atoms with van der Waals surface area (Å²) in [5, 5.41) is 7.90. The molecule has 1 fully saturated rings. The summed E-state index contributed by atoms with van der Waals surface area (Å²) in [6, 6.07) is 0. The van der Waals surface area contributed by atoms with E-state index < -0.39 is 0 Å². The first-order valence-corrected chi connectivity index (χ1v) is 8.81. The molecule has 4 rings (SSSR count). The summed E-state index contributed by atoms with van der Waals surface area (Å²) in [7, 11) is 0. The molecule has 10 nitrogen and oxygen atoms in total. The topological polar surface area (TPSA) is 115 Å². The molecule has 2 aromatic heterocycles. The van der Waals surface area contributed by atoms with Crippen LogP contribution in [0.2, 0.25) is 0 Å². The van der Waals surface area contributed by atoms with E-state index in [1.807, 2.05) is 0 Å². The van der Waals surface area contributed by atoms with Crippen molar-refractivity contribution in [2.75, 3.05) is 44.3 Å².